The van der Waals surface area contributed by atoms with Crippen molar-refractivity contribution >= 4 is 30.9 Å². The van der Waals surface area contributed by atoms with Gasteiger partial charge in [0.05, 0.1) is 6.54 Å². The molecule has 3 N–H and O–H groups in total. The minimum absolute atomic E-state index is 0. The Morgan fingerprint density at radius 1 is 1.00 bits per heavy atom. The predicted molar refractivity (Wildman–Crippen MR) is 117 cm³/mol. The monoisotopic (exact) mass is 485 g/mol. The summed E-state index contributed by atoms with van der Waals surface area (Å²) in [5.74, 6) is -1.26. The molecule has 1 atom stereocenters. The molecule has 176 valence electrons. The number of aromatic nitrogens is 2. The van der Waals surface area contributed by atoms with E-state index in [4.69, 9.17) is 5.73 Å². The molecule has 6 nitrogen and oxygen atoms in total. The van der Waals surface area contributed by atoms with Crippen LogP contribution in [-0.2, 0) is 17.9 Å². The van der Waals surface area contributed by atoms with E-state index in [-0.39, 0.29) is 33.1 Å². The molecule has 0 aliphatic carbocycles. The van der Waals surface area contributed by atoms with Crippen LogP contribution < -0.4 is 11.1 Å². The summed E-state index contributed by atoms with van der Waals surface area (Å²) >= 11 is 0. The maximum atomic E-state index is 13.4. The van der Waals surface area contributed by atoms with Crippen molar-refractivity contribution in [3.05, 3.63) is 66.0 Å². The summed E-state index contributed by atoms with van der Waals surface area (Å²) < 4.78 is 67.1. The van der Waals surface area contributed by atoms with E-state index < -0.39 is 29.8 Å². The predicted octanol–water partition coefficient (Wildman–Crippen LogP) is 3.92. The van der Waals surface area contributed by atoms with E-state index in [1.807, 2.05) is 0 Å². The number of carbonyl (C=O) groups excluding carboxylic acids is 1. The smallest absolute Gasteiger partial charge is 0.340 e. The Morgan fingerprint density at radius 3 is 2.15 bits per heavy atom. The number of amides is 1. The van der Waals surface area contributed by atoms with E-state index in [1.54, 1.807) is 4.57 Å². The zero-order chi connectivity index (χ0) is 23.0. The van der Waals surface area contributed by atoms with Crippen LogP contribution in [0, 0.1) is 11.6 Å². The molecular weight excluding hydrogens is 465 g/mol. The molecule has 1 aliphatic heterocycles. The standard InChI is InChI=1S/C21H18F5N5O.H2S/c22-13-3-1-12(2-4-13)17-19(28-15-7-5-14(23)6-8-15)31-10-9-30(11-16(31)29-17)20(32)18(27)21(24,25)26;/h1-8,18,28H,9-11,27H2;1H2/t18-;/m0./s1. The van der Waals surface area contributed by atoms with Crippen LogP contribution >= 0.6 is 13.5 Å². The summed E-state index contributed by atoms with van der Waals surface area (Å²) in [5, 5.41) is 3.14. The summed E-state index contributed by atoms with van der Waals surface area (Å²) in [7, 11) is 0. The van der Waals surface area contributed by atoms with Crippen LogP contribution in [0.5, 0.6) is 0 Å². The summed E-state index contributed by atoms with van der Waals surface area (Å²) in [4.78, 5) is 17.7. The number of alkyl halides is 3. The molecule has 0 radical (unpaired) electrons. The van der Waals surface area contributed by atoms with Crippen LogP contribution in [0.1, 0.15) is 5.82 Å². The number of rotatable bonds is 4. The SMILES string of the molecule is N[C@@H](C(=O)N1CCn2c(nc(-c3ccc(F)cc3)c2Nc2ccc(F)cc2)C1)C(F)(F)F.S. The maximum absolute atomic E-state index is 13.4. The lowest BCUT2D eigenvalue weighted by Crippen LogP contribution is -2.53. The second kappa shape index (κ2) is 9.40. The lowest BCUT2D eigenvalue weighted by Gasteiger charge is -2.31. The molecule has 4 rings (SSSR count). The zero-order valence-corrected chi connectivity index (χ0v) is 18.0. The van der Waals surface area contributed by atoms with Gasteiger partial charge in [-0.15, -0.1) is 0 Å². The van der Waals surface area contributed by atoms with Crippen molar-refractivity contribution < 1.29 is 26.7 Å². The van der Waals surface area contributed by atoms with Gasteiger partial charge in [-0.25, -0.2) is 13.8 Å². The number of hydrogen-bond donors (Lipinski definition) is 2. The Balaban J connectivity index is 0.00000306. The van der Waals surface area contributed by atoms with Gasteiger partial charge in [0.25, 0.3) is 0 Å². The summed E-state index contributed by atoms with van der Waals surface area (Å²) in [6.45, 7) is -0.0296. The molecule has 33 heavy (non-hydrogen) atoms. The van der Waals surface area contributed by atoms with Gasteiger partial charge in [0, 0.05) is 24.3 Å². The molecule has 0 unspecified atom stereocenters. The average Bonchev–Trinajstić information content (AvgIpc) is 3.11. The molecule has 0 saturated heterocycles. The normalized spacial score (nSPS) is 14.3. The molecule has 1 aromatic heterocycles. The Labute approximate surface area is 192 Å². The molecular formula is C21H20F5N5OS. The molecule has 0 bridgehead atoms. The fourth-order valence-corrected chi connectivity index (χ4v) is 3.46. The lowest BCUT2D eigenvalue weighted by atomic mass is 10.1. The number of carbonyl (C=O) groups is 1. The second-order valence-electron chi connectivity index (χ2n) is 7.29. The third-order valence-electron chi connectivity index (χ3n) is 5.13. The number of nitrogens with two attached hydrogens (primary N) is 1. The minimum Gasteiger partial charge on any atom is -0.340 e. The molecule has 0 saturated carbocycles. The fourth-order valence-electron chi connectivity index (χ4n) is 3.46. The first kappa shape index (κ1) is 24.5. The highest BCUT2D eigenvalue weighted by atomic mass is 32.1. The molecule has 2 aromatic carbocycles. The number of halogens is 5. The third-order valence-corrected chi connectivity index (χ3v) is 5.13. The Hall–Kier alpha value is -3.12. The Bertz CT molecular complexity index is 1130. The number of hydrogen-bond acceptors (Lipinski definition) is 4. The van der Waals surface area contributed by atoms with Gasteiger partial charge in [0.1, 0.15) is 29.0 Å². The zero-order valence-electron chi connectivity index (χ0n) is 17.0. The highest BCUT2D eigenvalue weighted by molar-refractivity contribution is 7.59. The van der Waals surface area contributed by atoms with Crippen LogP contribution in [0.15, 0.2) is 48.5 Å². The molecule has 0 spiro atoms. The second-order valence-corrected chi connectivity index (χ2v) is 7.29. The molecule has 2 heterocycles. The van der Waals surface area contributed by atoms with E-state index in [2.05, 4.69) is 10.3 Å². The number of imidazole rings is 1. The topological polar surface area (TPSA) is 76.2 Å². The maximum Gasteiger partial charge on any atom is 0.412 e. The van der Waals surface area contributed by atoms with Gasteiger partial charge in [-0.3, -0.25) is 4.79 Å². The van der Waals surface area contributed by atoms with Crippen molar-refractivity contribution in [1.29, 1.82) is 0 Å². The third kappa shape index (κ3) is 5.11. The van der Waals surface area contributed by atoms with Crippen LogP contribution in [0.3, 0.4) is 0 Å². The molecule has 3 aromatic rings. The van der Waals surface area contributed by atoms with Crippen molar-refractivity contribution in [2.75, 3.05) is 11.9 Å². The van der Waals surface area contributed by atoms with Crippen LogP contribution in [0.4, 0.5) is 33.5 Å². The highest BCUT2D eigenvalue weighted by Crippen LogP contribution is 2.34. The molecule has 0 fully saturated rings. The summed E-state index contributed by atoms with van der Waals surface area (Å²) in [5.41, 5.74) is 6.60. The van der Waals surface area contributed by atoms with E-state index in [1.165, 1.54) is 48.5 Å². The van der Waals surface area contributed by atoms with Gasteiger partial charge in [0.2, 0.25) is 5.91 Å². The first-order valence-electron chi connectivity index (χ1n) is 9.62. The largest absolute Gasteiger partial charge is 0.412 e. The van der Waals surface area contributed by atoms with Gasteiger partial charge < -0.3 is 20.5 Å². The van der Waals surface area contributed by atoms with E-state index >= 15 is 0 Å². The Kier molecular flexibility index (Phi) is 6.98. The van der Waals surface area contributed by atoms with Gasteiger partial charge in [-0.05, 0) is 48.5 Å². The lowest BCUT2D eigenvalue weighted by molar-refractivity contribution is -0.171. The van der Waals surface area contributed by atoms with Crippen LogP contribution in [0.2, 0.25) is 0 Å². The average molecular weight is 485 g/mol. The minimum atomic E-state index is -4.85. The molecule has 1 aliphatic rings. The van der Waals surface area contributed by atoms with Crippen molar-refractivity contribution in [2.24, 2.45) is 5.73 Å². The summed E-state index contributed by atoms with van der Waals surface area (Å²) in [6, 6.07) is 8.51. The number of nitrogens with zero attached hydrogens (tertiary/aromatic N) is 3. The van der Waals surface area contributed by atoms with E-state index in [0.29, 0.717) is 28.6 Å². The number of anilines is 2. The van der Waals surface area contributed by atoms with Crippen LogP contribution in [-0.4, -0.2) is 39.1 Å². The van der Waals surface area contributed by atoms with Gasteiger partial charge in [-0.2, -0.15) is 26.7 Å². The van der Waals surface area contributed by atoms with Gasteiger partial charge in [0.15, 0.2) is 6.04 Å². The number of nitrogens with one attached hydrogen (secondary N) is 1. The van der Waals surface area contributed by atoms with E-state index in [0.717, 1.165) is 4.90 Å². The summed E-state index contributed by atoms with van der Waals surface area (Å²) in [6.07, 6.45) is -4.85. The van der Waals surface area contributed by atoms with Gasteiger partial charge >= 0.3 is 6.18 Å². The molecule has 12 heteroatoms. The quantitative estimate of drug-likeness (QED) is 0.550. The van der Waals surface area contributed by atoms with Crippen molar-refractivity contribution in [3.8, 4) is 11.3 Å². The molecule has 1 amide bonds. The number of benzene rings is 2. The first-order chi connectivity index (χ1) is 15.1. The van der Waals surface area contributed by atoms with Gasteiger partial charge in [-0.1, -0.05) is 0 Å². The fraction of sp³-hybridized carbons (Fsp3) is 0.238. The van der Waals surface area contributed by atoms with Crippen molar-refractivity contribution in [3.63, 3.8) is 0 Å². The Morgan fingerprint density at radius 2 is 1.58 bits per heavy atom. The highest BCUT2D eigenvalue weighted by Gasteiger charge is 2.44. The van der Waals surface area contributed by atoms with Crippen molar-refractivity contribution in [2.45, 2.75) is 25.3 Å². The van der Waals surface area contributed by atoms with E-state index in [9.17, 15) is 26.7 Å². The van der Waals surface area contributed by atoms with Crippen LogP contribution in [0.25, 0.3) is 11.3 Å². The number of fused-ring (bicyclic) bond motifs is 1. The first-order valence-corrected chi connectivity index (χ1v) is 9.62. The van der Waals surface area contributed by atoms with Crippen molar-refractivity contribution in [1.82, 2.24) is 14.5 Å².